The Morgan fingerprint density at radius 2 is 1.62 bits per heavy atom. The predicted molar refractivity (Wildman–Crippen MR) is 45.7 cm³/mol. The van der Waals surface area contributed by atoms with E-state index < -0.39 is 11.8 Å². The quantitative estimate of drug-likeness (QED) is 0.337. The number of nitrogens with two attached hydrogens (primary N) is 2. The monoisotopic (exact) mass is 210 g/mol. The maximum absolute atomic E-state index is 10.1. The molecule has 0 saturated heterocycles. The predicted octanol–water partition coefficient (Wildman–Crippen LogP) is -1.25. The molecule has 0 aliphatic carbocycles. The molecule has 0 fully saturated rings. The van der Waals surface area contributed by atoms with Crippen molar-refractivity contribution < 1.29 is 19.1 Å². The Labute approximate surface area is 80.2 Å². The van der Waals surface area contributed by atoms with Gasteiger partial charge in [-0.2, -0.15) is 0 Å². The zero-order valence-corrected chi connectivity index (χ0v) is 7.84. The summed E-state index contributed by atoms with van der Waals surface area (Å²) >= 11 is 5.06. The number of rotatable bonds is 2. The number of amides is 2. The molecule has 7 heteroatoms. The molecule has 0 aliphatic rings. The van der Waals surface area contributed by atoms with Crippen LogP contribution in [-0.2, 0) is 19.1 Å². The van der Waals surface area contributed by atoms with Gasteiger partial charge in [-0.05, 0) is 6.92 Å². The number of primary amides is 2. The van der Waals surface area contributed by atoms with Crippen molar-refractivity contribution in [3.63, 3.8) is 0 Å². The first kappa shape index (κ1) is 14.2. The summed E-state index contributed by atoms with van der Waals surface area (Å²) in [5, 5.41) is 0. The van der Waals surface area contributed by atoms with Gasteiger partial charge < -0.3 is 16.2 Å². The van der Waals surface area contributed by atoms with Crippen LogP contribution in [0.25, 0.3) is 0 Å². The molecule has 13 heavy (non-hydrogen) atoms. The summed E-state index contributed by atoms with van der Waals surface area (Å²) in [6.07, 6.45) is 0. The van der Waals surface area contributed by atoms with Crippen LogP contribution in [0.2, 0.25) is 0 Å². The molecule has 0 aliphatic heterocycles. The SMILES string of the molecule is CCOC(=O)CCl.NC(=O)C(N)=O. The Hall–Kier alpha value is -1.30. The van der Waals surface area contributed by atoms with Crippen LogP contribution in [-0.4, -0.2) is 30.3 Å². The van der Waals surface area contributed by atoms with Gasteiger partial charge >= 0.3 is 17.8 Å². The lowest BCUT2D eigenvalue weighted by Gasteiger charge is -1.92. The fourth-order valence-electron chi connectivity index (χ4n) is 0.200. The zero-order chi connectivity index (χ0) is 10.9. The normalized spacial score (nSPS) is 7.85. The number of halogens is 1. The first-order valence-corrected chi connectivity index (χ1v) is 3.79. The molecular weight excluding hydrogens is 200 g/mol. The number of alkyl halides is 1. The minimum atomic E-state index is -1.10. The highest BCUT2D eigenvalue weighted by Crippen LogP contribution is 1.79. The maximum atomic E-state index is 10.1. The van der Waals surface area contributed by atoms with Gasteiger partial charge in [0, 0.05) is 0 Å². The van der Waals surface area contributed by atoms with Crippen LogP contribution in [0.15, 0.2) is 0 Å². The number of carbonyl (C=O) groups excluding carboxylic acids is 3. The molecule has 76 valence electrons. The van der Waals surface area contributed by atoms with Crippen molar-refractivity contribution in [3.05, 3.63) is 0 Å². The van der Waals surface area contributed by atoms with Crippen LogP contribution in [0, 0.1) is 0 Å². The van der Waals surface area contributed by atoms with Gasteiger partial charge in [0.2, 0.25) is 0 Å². The molecule has 0 aromatic rings. The molecule has 0 rings (SSSR count). The van der Waals surface area contributed by atoms with E-state index in [-0.39, 0.29) is 11.8 Å². The molecule has 6 nitrogen and oxygen atoms in total. The molecule has 0 aromatic carbocycles. The van der Waals surface area contributed by atoms with Crippen molar-refractivity contribution in [2.24, 2.45) is 11.5 Å². The van der Waals surface area contributed by atoms with Gasteiger partial charge in [0.1, 0.15) is 5.88 Å². The Balaban J connectivity index is 0. The zero-order valence-electron chi connectivity index (χ0n) is 7.08. The molecule has 0 heterocycles. The molecule has 0 saturated carbocycles. The van der Waals surface area contributed by atoms with E-state index in [9.17, 15) is 14.4 Å². The smallest absolute Gasteiger partial charge is 0.320 e. The summed E-state index contributed by atoms with van der Waals surface area (Å²) < 4.78 is 4.42. The molecule has 0 bridgehead atoms. The number of carbonyl (C=O) groups is 3. The Bertz CT molecular complexity index is 183. The van der Waals surface area contributed by atoms with E-state index in [0.717, 1.165) is 0 Å². The second-order valence-electron chi connectivity index (χ2n) is 1.67. The number of hydrogen-bond acceptors (Lipinski definition) is 4. The number of ether oxygens (including phenoxy) is 1. The molecular formula is C6H11ClN2O4. The molecule has 4 N–H and O–H groups in total. The highest BCUT2D eigenvalue weighted by atomic mass is 35.5. The third-order valence-corrected chi connectivity index (χ3v) is 0.876. The fourth-order valence-corrected chi connectivity index (χ4v) is 0.277. The number of esters is 1. The summed E-state index contributed by atoms with van der Waals surface area (Å²) in [5.41, 5.74) is 8.64. The molecule has 2 amide bonds. The van der Waals surface area contributed by atoms with E-state index in [1.54, 1.807) is 6.92 Å². The Morgan fingerprint density at radius 1 is 1.23 bits per heavy atom. The first-order valence-electron chi connectivity index (χ1n) is 3.26. The average Bonchev–Trinajstić information content (AvgIpc) is 2.05. The van der Waals surface area contributed by atoms with Crippen LogP contribution in [0.5, 0.6) is 0 Å². The second-order valence-corrected chi connectivity index (χ2v) is 1.93. The molecule has 0 radical (unpaired) electrons. The molecule has 0 atom stereocenters. The highest BCUT2D eigenvalue weighted by molar-refractivity contribution is 6.33. The minimum Gasteiger partial charge on any atom is -0.465 e. The van der Waals surface area contributed by atoms with E-state index in [0.29, 0.717) is 6.61 Å². The van der Waals surface area contributed by atoms with Gasteiger partial charge in [-0.1, -0.05) is 0 Å². The fraction of sp³-hybridized carbons (Fsp3) is 0.500. The van der Waals surface area contributed by atoms with Crippen molar-refractivity contribution in [2.75, 3.05) is 12.5 Å². The van der Waals surface area contributed by atoms with E-state index in [1.165, 1.54) is 0 Å². The lowest BCUT2D eigenvalue weighted by atomic mass is 10.6. The van der Waals surface area contributed by atoms with Gasteiger partial charge in [-0.15, -0.1) is 11.6 Å². The third kappa shape index (κ3) is 13.7. The topological polar surface area (TPSA) is 112 Å². The van der Waals surface area contributed by atoms with Gasteiger partial charge in [0.05, 0.1) is 6.61 Å². The lowest BCUT2D eigenvalue weighted by Crippen LogP contribution is -2.29. The Kier molecular flexibility index (Phi) is 9.63. The van der Waals surface area contributed by atoms with E-state index in [1.807, 2.05) is 0 Å². The lowest BCUT2D eigenvalue weighted by molar-refractivity contribution is -0.140. The van der Waals surface area contributed by atoms with Crippen LogP contribution < -0.4 is 11.5 Å². The number of hydrogen-bond donors (Lipinski definition) is 2. The van der Waals surface area contributed by atoms with Crippen molar-refractivity contribution in [1.29, 1.82) is 0 Å². The van der Waals surface area contributed by atoms with Gasteiger partial charge in [0.25, 0.3) is 0 Å². The van der Waals surface area contributed by atoms with E-state index in [4.69, 9.17) is 11.6 Å². The van der Waals surface area contributed by atoms with Gasteiger partial charge in [-0.3, -0.25) is 14.4 Å². The molecule has 0 aromatic heterocycles. The maximum Gasteiger partial charge on any atom is 0.320 e. The van der Waals surface area contributed by atoms with Crippen molar-refractivity contribution in [3.8, 4) is 0 Å². The third-order valence-electron chi connectivity index (χ3n) is 0.657. The minimum absolute atomic E-state index is 0.0478. The molecule has 0 spiro atoms. The average molecular weight is 211 g/mol. The largest absolute Gasteiger partial charge is 0.465 e. The van der Waals surface area contributed by atoms with Gasteiger partial charge in [-0.25, -0.2) is 0 Å². The summed E-state index contributed by atoms with van der Waals surface area (Å²) in [5.74, 6) is -2.61. The van der Waals surface area contributed by atoms with E-state index in [2.05, 4.69) is 16.2 Å². The second kappa shape index (κ2) is 8.79. The van der Waals surface area contributed by atoms with Crippen molar-refractivity contribution in [2.45, 2.75) is 6.92 Å². The van der Waals surface area contributed by atoms with Crippen LogP contribution in [0.4, 0.5) is 0 Å². The van der Waals surface area contributed by atoms with E-state index >= 15 is 0 Å². The summed E-state index contributed by atoms with van der Waals surface area (Å²) in [6, 6.07) is 0. The van der Waals surface area contributed by atoms with Crippen LogP contribution in [0.3, 0.4) is 0 Å². The summed E-state index contributed by atoms with van der Waals surface area (Å²) in [7, 11) is 0. The van der Waals surface area contributed by atoms with Gasteiger partial charge in [0.15, 0.2) is 0 Å². The van der Waals surface area contributed by atoms with Crippen molar-refractivity contribution in [1.82, 2.24) is 0 Å². The standard InChI is InChI=1S/C4H7ClO2.C2H4N2O2/c1-2-7-4(6)3-5;3-1(5)2(4)6/h2-3H2,1H3;(H2,3,5)(H2,4,6). The highest BCUT2D eigenvalue weighted by Gasteiger charge is 1.96. The summed E-state index contributed by atoms with van der Waals surface area (Å²) in [6.45, 7) is 2.15. The summed E-state index contributed by atoms with van der Waals surface area (Å²) in [4.78, 5) is 29.0. The molecule has 0 unspecified atom stereocenters. The van der Waals surface area contributed by atoms with Crippen LogP contribution in [0.1, 0.15) is 6.92 Å². The first-order chi connectivity index (χ1) is 5.95. The van der Waals surface area contributed by atoms with Crippen molar-refractivity contribution >= 4 is 29.4 Å². The Morgan fingerprint density at radius 3 is 1.69 bits per heavy atom. The van der Waals surface area contributed by atoms with Crippen LogP contribution >= 0.6 is 11.6 Å².